The van der Waals surface area contributed by atoms with Crippen LogP contribution in [0.5, 0.6) is 0 Å². The van der Waals surface area contributed by atoms with E-state index >= 15 is 0 Å². The third-order valence-electron chi connectivity index (χ3n) is 6.73. The zero-order valence-corrected chi connectivity index (χ0v) is 15.7. The Kier molecular flexibility index (Phi) is 3.89. The van der Waals surface area contributed by atoms with Crippen LogP contribution >= 0.6 is 23.1 Å². The van der Waals surface area contributed by atoms with Crippen LogP contribution in [0.15, 0.2) is 4.34 Å². The van der Waals surface area contributed by atoms with Crippen LogP contribution in [0.1, 0.15) is 51.4 Å². The molecule has 24 heavy (non-hydrogen) atoms. The van der Waals surface area contributed by atoms with E-state index in [1.165, 1.54) is 51.4 Å². The summed E-state index contributed by atoms with van der Waals surface area (Å²) < 4.78 is 0.968. The number of hydrogen-bond acceptors (Lipinski definition) is 6. The van der Waals surface area contributed by atoms with Crippen molar-refractivity contribution in [3.05, 3.63) is 0 Å². The van der Waals surface area contributed by atoms with Gasteiger partial charge in [0.25, 0.3) is 0 Å². The lowest BCUT2D eigenvalue weighted by Crippen LogP contribution is -2.50. The van der Waals surface area contributed by atoms with Crippen LogP contribution in [-0.2, 0) is 4.79 Å². The molecule has 0 atom stereocenters. The molecule has 2 heterocycles. The molecule has 1 aliphatic heterocycles. The normalized spacial score (nSPS) is 37.3. The van der Waals surface area contributed by atoms with E-state index in [-0.39, 0.29) is 5.41 Å². The quantitative estimate of drug-likeness (QED) is 0.740. The van der Waals surface area contributed by atoms with Crippen molar-refractivity contribution >= 4 is 34.0 Å². The van der Waals surface area contributed by atoms with Gasteiger partial charge in [-0.2, -0.15) is 0 Å². The standard InChI is InChI=1S/C18H25N3OS2/c22-15(18-8-12-5-13(9-18)7-14(6-12)10-18)11-23-17-20-19-16(24-17)21-3-1-2-4-21/h12-14H,1-11H2. The van der Waals surface area contributed by atoms with E-state index in [2.05, 4.69) is 15.1 Å². The Bertz CT molecular complexity index is 603. The fourth-order valence-corrected chi connectivity index (χ4v) is 7.96. The Morgan fingerprint density at radius 1 is 1.08 bits per heavy atom. The van der Waals surface area contributed by atoms with Crippen LogP contribution in [0.4, 0.5) is 5.13 Å². The third kappa shape index (κ3) is 2.70. The molecule has 0 amide bonds. The molecule has 4 aliphatic carbocycles. The minimum absolute atomic E-state index is 0.0320. The summed E-state index contributed by atoms with van der Waals surface area (Å²) in [5.74, 6) is 3.63. The zero-order valence-electron chi connectivity index (χ0n) is 14.1. The topological polar surface area (TPSA) is 46.1 Å². The molecule has 5 fully saturated rings. The van der Waals surface area contributed by atoms with E-state index in [1.807, 2.05) is 0 Å². The fourth-order valence-electron chi connectivity index (χ4n) is 6.03. The average molecular weight is 364 g/mol. The van der Waals surface area contributed by atoms with Gasteiger partial charge in [0.2, 0.25) is 5.13 Å². The molecular formula is C18H25N3OS2. The Hall–Kier alpha value is -0.620. The molecule has 1 aromatic rings. The first-order valence-corrected chi connectivity index (χ1v) is 11.2. The van der Waals surface area contributed by atoms with Crippen LogP contribution in [-0.4, -0.2) is 34.8 Å². The lowest BCUT2D eigenvalue weighted by Gasteiger charge is -2.56. The first-order chi connectivity index (χ1) is 11.7. The minimum Gasteiger partial charge on any atom is -0.347 e. The highest BCUT2D eigenvalue weighted by Gasteiger charge is 2.54. The summed E-state index contributed by atoms with van der Waals surface area (Å²) in [5.41, 5.74) is 0.0320. The molecule has 4 bridgehead atoms. The molecule has 0 aromatic carbocycles. The summed E-state index contributed by atoms with van der Waals surface area (Å²) in [6.07, 6.45) is 10.2. The monoisotopic (exact) mass is 363 g/mol. The molecule has 0 radical (unpaired) electrons. The van der Waals surface area contributed by atoms with Crippen molar-refractivity contribution in [2.24, 2.45) is 23.2 Å². The number of hydrogen-bond donors (Lipinski definition) is 0. The second-order valence-corrected chi connectivity index (χ2v) is 10.6. The average Bonchev–Trinajstić information content (AvgIpc) is 3.22. The highest BCUT2D eigenvalue weighted by atomic mass is 32.2. The molecular weight excluding hydrogens is 338 g/mol. The van der Waals surface area contributed by atoms with Gasteiger partial charge in [0.1, 0.15) is 5.78 Å². The molecule has 5 aliphatic rings. The number of carbonyl (C=O) groups is 1. The highest BCUT2D eigenvalue weighted by Crippen LogP contribution is 2.60. The van der Waals surface area contributed by atoms with E-state index in [1.54, 1.807) is 23.1 Å². The second kappa shape index (κ2) is 5.97. The van der Waals surface area contributed by atoms with Gasteiger partial charge in [-0.3, -0.25) is 4.79 Å². The molecule has 6 rings (SSSR count). The van der Waals surface area contributed by atoms with Gasteiger partial charge in [0.15, 0.2) is 4.34 Å². The predicted molar refractivity (Wildman–Crippen MR) is 97.7 cm³/mol. The summed E-state index contributed by atoms with van der Waals surface area (Å²) >= 11 is 3.29. The van der Waals surface area contributed by atoms with Crippen molar-refractivity contribution in [3.8, 4) is 0 Å². The van der Waals surface area contributed by atoms with Crippen molar-refractivity contribution in [1.29, 1.82) is 0 Å². The van der Waals surface area contributed by atoms with Crippen LogP contribution < -0.4 is 4.90 Å². The molecule has 4 nitrogen and oxygen atoms in total. The fraction of sp³-hybridized carbons (Fsp3) is 0.833. The van der Waals surface area contributed by atoms with Gasteiger partial charge in [0, 0.05) is 18.5 Å². The van der Waals surface area contributed by atoms with Gasteiger partial charge >= 0.3 is 0 Å². The summed E-state index contributed by atoms with van der Waals surface area (Å²) in [6, 6.07) is 0. The molecule has 1 saturated heterocycles. The second-order valence-electron chi connectivity index (χ2n) is 8.45. The van der Waals surface area contributed by atoms with Crippen LogP contribution in [0.2, 0.25) is 0 Å². The summed E-state index contributed by atoms with van der Waals surface area (Å²) in [5, 5.41) is 9.69. The maximum atomic E-state index is 13.1. The number of aromatic nitrogens is 2. The largest absolute Gasteiger partial charge is 0.347 e. The smallest absolute Gasteiger partial charge is 0.209 e. The molecule has 130 valence electrons. The van der Waals surface area contributed by atoms with Gasteiger partial charge in [-0.15, -0.1) is 10.2 Å². The van der Waals surface area contributed by atoms with Crippen LogP contribution in [0.3, 0.4) is 0 Å². The Morgan fingerprint density at radius 3 is 2.33 bits per heavy atom. The first kappa shape index (κ1) is 15.6. The number of carbonyl (C=O) groups excluding carboxylic acids is 1. The Labute approximate surface area is 151 Å². The van der Waals surface area contributed by atoms with Gasteiger partial charge < -0.3 is 4.90 Å². The predicted octanol–water partition coefficient (Wildman–Crippen LogP) is 4.02. The van der Waals surface area contributed by atoms with Crippen LogP contribution in [0, 0.1) is 23.2 Å². The van der Waals surface area contributed by atoms with E-state index in [9.17, 15) is 4.79 Å². The number of ketones is 1. The third-order valence-corrected chi connectivity index (χ3v) is 8.85. The Balaban J connectivity index is 1.23. The SMILES string of the molecule is O=C(CSc1nnc(N2CCCC2)s1)C12CC3CC(CC(C3)C1)C2. The lowest BCUT2D eigenvalue weighted by molar-refractivity contribution is -0.141. The molecule has 0 N–H and O–H groups in total. The molecule has 1 aromatic heterocycles. The molecule has 6 heteroatoms. The number of Topliss-reactive ketones (excluding diaryl/α,β-unsaturated/α-hetero) is 1. The maximum absolute atomic E-state index is 13.1. The number of thioether (sulfide) groups is 1. The van der Waals surface area contributed by atoms with Gasteiger partial charge in [0.05, 0.1) is 5.75 Å². The maximum Gasteiger partial charge on any atom is 0.209 e. The zero-order chi connectivity index (χ0) is 16.1. The van der Waals surface area contributed by atoms with Crippen molar-refractivity contribution in [2.75, 3.05) is 23.7 Å². The van der Waals surface area contributed by atoms with Gasteiger partial charge in [-0.05, 0) is 69.1 Å². The van der Waals surface area contributed by atoms with Crippen LogP contribution in [0.25, 0.3) is 0 Å². The van der Waals surface area contributed by atoms with Crippen molar-refractivity contribution in [2.45, 2.75) is 55.7 Å². The number of nitrogens with zero attached hydrogens (tertiary/aromatic N) is 3. The van der Waals surface area contributed by atoms with Crippen molar-refractivity contribution in [3.63, 3.8) is 0 Å². The van der Waals surface area contributed by atoms with E-state index in [0.29, 0.717) is 11.5 Å². The number of rotatable bonds is 5. The number of anilines is 1. The highest BCUT2D eigenvalue weighted by molar-refractivity contribution is 8.01. The first-order valence-electron chi connectivity index (χ1n) is 9.45. The molecule has 0 spiro atoms. The molecule has 4 saturated carbocycles. The summed E-state index contributed by atoms with van der Waals surface area (Å²) in [4.78, 5) is 15.4. The van der Waals surface area contributed by atoms with E-state index < -0.39 is 0 Å². The summed E-state index contributed by atoms with van der Waals surface area (Å²) in [6.45, 7) is 2.21. The lowest BCUT2D eigenvalue weighted by atomic mass is 9.48. The summed E-state index contributed by atoms with van der Waals surface area (Å²) in [7, 11) is 0. The van der Waals surface area contributed by atoms with Gasteiger partial charge in [-0.1, -0.05) is 23.1 Å². The van der Waals surface area contributed by atoms with Crippen molar-refractivity contribution < 1.29 is 4.79 Å². The molecule has 0 unspecified atom stereocenters. The van der Waals surface area contributed by atoms with E-state index in [4.69, 9.17) is 0 Å². The van der Waals surface area contributed by atoms with Crippen molar-refractivity contribution in [1.82, 2.24) is 10.2 Å². The Morgan fingerprint density at radius 2 is 1.71 bits per heavy atom. The van der Waals surface area contributed by atoms with E-state index in [0.717, 1.165) is 40.3 Å². The minimum atomic E-state index is 0.0320. The van der Waals surface area contributed by atoms with Gasteiger partial charge in [-0.25, -0.2) is 0 Å².